The summed E-state index contributed by atoms with van der Waals surface area (Å²) >= 11 is 0. The van der Waals surface area contributed by atoms with Gasteiger partial charge in [0.05, 0.1) is 6.10 Å². The van der Waals surface area contributed by atoms with Crippen molar-refractivity contribution in [3.05, 3.63) is 0 Å². The molecular formula is C10H21NO. The Hall–Kier alpha value is -0.0800. The molecule has 0 aromatic rings. The lowest BCUT2D eigenvalue weighted by Crippen LogP contribution is -2.41. The summed E-state index contributed by atoms with van der Waals surface area (Å²) in [6.07, 6.45) is 4.62. The molecule has 1 aliphatic carbocycles. The van der Waals surface area contributed by atoms with Gasteiger partial charge in [0.1, 0.15) is 0 Å². The Balaban J connectivity index is 2.36. The van der Waals surface area contributed by atoms with Gasteiger partial charge in [-0.3, -0.25) is 0 Å². The number of rotatable bonds is 3. The zero-order valence-corrected chi connectivity index (χ0v) is 8.21. The van der Waals surface area contributed by atoms with E-state index in [-0.39, 0.29) is 6.10 Å². The van der Waals surface area contributed by atoms with Crippen molar-refractivity contribution in [2.45, 2.75) is 51.7 Å². The number of aliphatic hydroxyl groups is 1. The Kier molecular flexibility index (Phi) is 4.02. The molecule has 3 unspecified atom stereocenters. The van der Waals surface area contributed by atoms with Crippen molar-refractivity contribution in [3.8, 4) is 0 Å². The molecule has 0 aromatic carbocycles. The third kappa shape index (κ3) is 2.46. The number of hydrogen-bond acceptors (Lipinski definition) is 2. The highest BCUT2D eigenvalue weighted by molar-refractivity contribution is 4.81. The Bertz CT molecular complexity index is 127. The molecule has 0 saturated heterocycles. The van der Waals surface area contributed by atoms with Crippen molar-refractivity contribution in [1.29, 1.82) is 0 Å². The first-order valence-corrected chi connectivity index (χ1v) is 5.17. The normalized spacial score (nSPS) is 33.2. The molecule has 1 rings (SSSR count). The van der Waals surface area contributed by atoms with Gasteiger partial charge in [0, 0.05) is 6.04 Å². The monoisotopic (exact) mass is 171 g/mol. The molecule has 2 heteroatoms. The standard InChI is InChI=1S/C10H21NO/c1-3-11-8(2)9-6-4-5-7-10(9)12/h8-12H,3-7H2,1-2H3. The minimum absolute atomic E-state index is 0.0622. The van der Waals surface area contributed by atoms with Crippen molar-refractivity contribution in [1.82, 2.24) is 5.32 Å². The highest BCUT2D eigenvalue weighted by atomic mass is 16.3. The molecule has 1 aliphatic rings. The fourth-order valence-electron chi connectivity index (χ4n) is 2.20. The van der Waals surface area contributed by atoms with Crippen LogP contribution in [0.15, 0.2) is 0 Å². The number of hydrogen-bond donors (Lipinski definition) is 2. The Morgan fingerprint density at radius 2 is 2.08 bits per heavy atom. The predicted octanol–water partition coefficient (Wildman–Crippen LogP) is 1.54. The summed E-state index contributed by atoms with van der Waals surface area (Å²) < 4.78 is 0. The van der Waals surface area contributed by atoms with Gasteiger partial charge in [0.2, 0.25) is 0 Å². The Labute approximate surface area is 75.4 Å². The van der Waals surface area contributed by atoms with E-state index in [0.29, 0.717) is 12.0 Å². The lowest BCUT2D eigenvalue weighted by molar-refractivity contribution is 0.0522. The minimum atomic E-state index is -0.0622. The third-order valence-corrected chi connectivity index (χ3v) is 2.95. The fraction of sp³-hybridized carbons (Fsp3) is 1.00. The largest absolute Gasteiger partial charge is 0.393 e. The predicted molar refractivity (Wildman–Crippen MR) is 51.1 cm³/mol. The van der Waals surface area contributed by atoms with Gasteiger partial charge in [-0.25, -0.2) is 0 Å². The second-order valence-corrected chi connectivity index (χ2v) is 3.86. The molecule has 0 bridgehead atoms. The molecule has 12 heavy (non-hydrogen) atoms. The number of nitrogens with one attached hydrogen (secondary N) is 1. The van der Waals surface area contributed by atoms with Gasteiger partial charge < -0.3 is 10.4 Å². The number of aliphatic hydroxyl groups excluding tert-OH is 1. The summed E-state index contributed by atoms with van der Waals surface area (Å²) in [7, 11) is 0. The SMILES string of the molecule is CCNC(C)C1CCCCC1O. The van der Waals surface area contributed by atoms with Gasteiger partial charge >= 0.3 is 0 Å². The van der Waals surface area contributed by atoms with E-state index in [4.69, 9.17) is 0 Å². The van der Waals surface area contributed by atoms with Crippen molar-refractivity contribution in [2.24, 2.45) is 5.92 Å². The third-order valence-electron chi connectivity index (χ3n) is 2.95. The molecule has 0 heterocycles. The van der Waals surface area contributed by atoms with Crippen LogP contribution in [0.1, 0.15) is 39.5 Å². The molecule has 0 aromatic heterocycles. The van der Waals surface area contributed by atoms with Crippen LogP contribution >= 0.6 is 0 Å². The van der Waals surface area contributed by atoms with Crippen LogP contribution in [0.2, 0.25) is 0 Å². The van der Waals surface area contributed by atoms with E-state index in [1.54, 1.807) is 0 Å². The molecule has 1 saturated carbocycles. The first-order chi connectivity index (χ1) is 5.75. The van der Waals surface area contributed by atoms with Crippen molar-refractivity contribution < 1.29 is 5.11 Å². The van der Waals surface area contributed by atoms with E-state index in [1.807, 2.05) is 0 Å². The van der Waals surface area contributed by atoms with Gasteiger partial charge in [0.25, 0.3) is 0 Å². The van der Waals surface area contributed by atoms with E-state index in [0.717, 1.165) is 13.0 Å². The van der Waals surface area contributed by atoms with E-state index >= 15 is 0 Å². The quantitative estimate of drug-likeness (QED) is 0.675. The van der Waals surface area contributed by atoms with Gasteiger partial charge in [-0.2, -0.15) is 0 Å². The maximum Gasteiger partial charge on any atom is 0.0583 e. The van der Waals surface area contributed by atoms with Crippen molar-refractivity contribution in [2.75, 3.05) is 6.54 Å². The summed E-state index contributed by atoms with van der Waals surface area (Å²) in [5, 5.41) is 13.1. The van der Waals surface area contributed by atoms with Gasteiger partial charge in [0.15, 0.2) is 0 Å². The molecule has 1 fully saturated rings. The summed E-state index contributed by atoms with van der Waals surface area (Å²) in [6.45, 7) is 5.30. The molecule has 2 nitrogen and oxygen atoms in total. The van der Waals surface area contributed by atoms with Crippen LogP contribution < -0.4 is 5.32 Å². The highest BCUT2D eigenvalue weighted by Crippen LogP contribution is 2.26. The molecule has 0 aliphatic heterocycles. The summed E-state index contributed by atoms with van der Waals surface area (Å²) in [5.41, 5.74) is 0. The lowest BCUT2D eigenvalue weighted by Gasteiger charge is -2.32. The molecule has 2 N–H and O–H groups in total. The summed E-state index contributed by atoms with van der Waals surface area (Å²) in [4.78, 5) is 0. The minimum Gasteiger partial charge on any atom is -0.393 e. The van der Waals surface area contributed by atoms with E-state index in [1.165, 1.54) is 19.3 Å². The summed E-state index contributed by atoms with van der Waals surface area (Å²) in [6, 6.07) is 0.477. The zero-order valence-electron chi connectivity index (χ0n) is 8.21. The average molecular weight is 171 g/mol. The molecule has 3 atom stereocenters. The molecule has 0 spiro atoms. The van der Waals surface area contributed by atoms with Crippen LogP contribution in [0, 0.1) is 5.92 Å². The smallest absolute Gasteiger partial charge is 0.0583 e. The van der Waals surface area contributed by atoms with Gasteiger partial charge in [-0.15, -0.1) is 0 Å². The Morgan fingerprint density at radius 1 is 1.42 bits per heavy atom. The zero-order chi connectivity index (χ0) is 8.97. The van der Waals surface area contributed by atoms with E-state index in [2.05, 4.69) is 19.2 Å². The second-order valence-electron chi connectivity index (χ2n) is 3.86. The van der Waals surface area contributed by atoms with E-state index in [9.17, 15) is 5.11 Å². The Morgan fingerprint density at radius 3 is 2.67 bits per heavy atom. The van der Waals surface area contributed by atoms with Crippen LogP contribution in [0.25, 0.3) is 0 Å². The molecular weight excluding hydrogens is 150 g/mol. The fourth-order valence-corrected chi connectivity index (χ4v) is 2.20. The average Bonchev–Trinajstić information content (AvgIpc) is 2.05. The summed E-state index contributed by atoms with van der Waals surface area (Å²) in [5.74, 6) is 0.485. The first kappa shape index (κ1) is 10.0. The van der Waals surface area contributed by atoms with Crippen LogP contribution in [0.5, 0.6) is 0 Å². The van der Waals surface area contributed by atoms with E-state index < -0.39 is 0 Å². The second kappa shape index (κ2) is 4.83. The van der Waals surface area contributed by atoms with Gasteiger partial charge in [-0.05, 0) is 32.2 Å². The molecule has 0 amide bonds. The topological polar surface area (TPSA) is 32.3 Å². The lowest BCUT2D eigenvalue weighted by atomic mass is 9.82. The maximum absolute atomic E-state index is 9.73. The van der Waals surface area contributed by atoms with Crippen molar-refractivity contribution in [3.63, 3.8) is 0 Å². The van der Waals surface area contributed by atoms with Gasteiger partial charge in [-0.1, -0.05) is 19.8 Å². The molecule has 72 valence electrons. The van der Waals surface area contributed by atoms with Crippen LogP contribution in [0.4, 0.5) is 0 Å². The molecule has 0 radical (unpaired) electrons. The van der Waals surface area contributed by atoms with Crippen molar-refractivity contribution >= 4 is 0 Å². The highest BCUT2D eigenvalue weighted by Gasteiger charge is 2.27. The van der Waals surface area contributed by atoms with Crippen LogP contribution in [-0.4, -0.2) is 23.8 Å². The van der Waals surface area contributed by atoms with Crippen LogP contribution in [-0.2, 0) is 0 Å². The van der Waals surface area contributed by atoms with Crippen LogP contribution in [0.3, 0.4) is 0 Å². The maximum atomic E-state index is 9.73. The first-order valence-electron chi connectivity index (χ1n) is 5.17.